The van der Waals surface area contributed by atoms with E-state index in [9.17, 15) is 4.79 Å². The fourth-order valence-corrected chi connectivity index (χ4v) is 2.13. The molecule has 4 N–H and O–H groups in total. The zero-order valence-corrected chi connectivity index (χ0v) is 10.5. The van der Waals surface area contributed by atoms with Crippen LogP contribution in [0.25, 0.3) is 0 Å². The van der Waals surface area contributed by atoms with Gasteiger partial charge in [-0.2, -0.15) is 0 Å². The quantitative estimate of drug-likeness (QED) is 0.728. The second-order valence-electron chi connectivity index (χ2n) is 4.60. The van der Waals surface area contributed by atoms with Gasteiger partial charge < -0.3 is 20.9 Å². The zero-order chi connectivity index (χ0) is 13.4. The van der Waals surface area contributed by atoms with Crippen molar-refractivity contribution in [1.82, 2.24) is 5.16 Å². The molecule has 3 rings (SSSR count). The van der Waals surface area contributed by atoms with Crippen molar-refractivity contribution < 1.29 is 9.32 Å². The molecule has 2 heterocycles. The van der Waals surface area contributed by atoms with Gasteiger partial charge in [-0.3, -0.25) is 4.79 Å². The largest absolute Gasteiger partial charge is 0.397 e. The molecular formula is C13H14N4O2. The summed E-state index contributed by atoms with van der Waals surface area (Å²) in [5.41, 5.74) is 9.92. The van der Waals surface area contributed by atoms with Crippen molar-refractivity contribution in [2.75, 3.05) is 16.4 Å². The molecule has 0 unspecified atom stereocenters. The van der Waals surface area contributed by atoms with Crippen molar-refractivity contribution in [3.8, 4) is 0 Å². The summed E-state index contributed by atoms with van der Waals surface area (Å²) in [7, 11) is 0. The lowest BCUT2D eigenvalue weighted by Crippen LogP contribution is -2.04. The Labute approximate surface area is 110 Å². The van der Waals surface area contributed by atoms with Crippen molar-refractivity contribution >= 4 is 23.0 Å². The van der Waals surface area contributed by atoms with Crippen LogP contribution in [-0.4, -0.2) is 11.1 Å². The molecule has 0 bridgehead atoms. The lowest BCUT2D eigenvalue weighted by Gasteiger charge is -2.10. The van der Waals surface area contributed by atoms with Gasteiger partial charge in [0.1, 0.15) is 11.5 Å². The first kappa shape index (κ1) is 11.6. The molecule has 1 aliphatic rings. The number of nitrogens with two attached hydrogens (primary N) is 1. The van der Waals surface area contributed by atoms with Gasteiger partial charge >= 0.3 is 0 Å². The zero-order valence-electron chi connectivity index (χ0n) is 10.5. The second kappa shape index (κ2) is 4.31. The minimum Gasteiger partial charge on any atom is -0.397 e. The highest BCUT2D eigenvalue weighted by Crippen LogP contribution is 2.31. The van der Waals surface area contributed by atoms with Crippen LogP contribution >= 0.6 is 0 Å². The third kappa shape index (κ3) is 2.24. The first-order valence-corrected chi connectivity index (χ1v) is 6.00. The van der Waals surface area contributed by atoms with Crippen LogP contribution in [-0.2, 0) is 17.8 Å². The number of aromatic nitrogens is 1. The lowest BCUT2D eigenvalue weighted by molar-refractivity contribution is -0.115. The summed E-state index contributed by atoms with van der Waals surface area (Å²) >= 11 is 0. The maximum Gasteiger partial charge on any atom is 0.228 e. The molecule has 0 aliphatic carbocycles. The van der Waals surface area contributed by atoms with E-state index >= 15 is 0 Å². The van der Waals surface area contributed by atoms with Gasteiger partial charge in [-0.25, -0.2) is 0 Å². The Kier molecular flexibility index (Phi) is 2.63. The highest BCUT2D eigenvalue weighted by Gasteiger charge is 2.19. The number of nitrogen functional groups attached to an aromatic ring is 1. The van der Waals surface area contributed by atoms with E-state index in [-0.39, 0.29) is 5.91 Å². The van der Waals surface area contributed by atoms with Gasteiger partial charge in [0.2, 0.25) is 5.91 Å². The van der Waals surface area contributed by atoms with Gasteiger partial charge in [-0.05, 0) is 24.6 Å². The monoisotopic (exact) mass is 258 g/mol. The van der Waals surface area contributed by atoms with Gasteiger partial charge in [0.05, 0.1) is 24.3 Å². The van der Waals surface area contributed by atoms with Gasteiger partial charge in [0.25, 0.3) is 0 Å². The van der Waals surface area contributed by atoms with Crippen LogP contribution in [0.3, 0.4) is 0 Å². The number of amides is 1. The molecule has 1 aromatic heterocycles. The summed E-state index contributed by atoms with van der Waals surface area (Å²) in [5.74, 6) is 0.768. The van der Waals surface area contributed by atoms with Crippen molar-refractivity contribution in [3.05, 3.63) is 35.2 Å². The van der Waals surface area contributed by atoms with E-state index < -0.39 is 0 Å². The first-order chi connectivity index (χ1) is 9.11. The maximum atomic E-state index is 11.3. The Balaban J connectivity index is 1.78. The van der Waals surface area contributed by atoms with Gasteiger partial charge in [0, 0.05) is 11.8 Å². The lowest BCUT2D eigenvalue weighted by atomic mass is 10.1. The number of hydrogen-bond acceptors (Lipinski definition) is 5. The summed E-state index contributed by atoms with van der Waals surface area (Å²) in [4.78, 5) is 11.3. The SMILES string of the molecule is Cc1cc(CNc2cc3c(cc2N)CC(=O)N3)no1. The molecule has 1 aromatic carbocycles. The number of benzene rings is 1. The molecule has 0 saturated carbocycles. The number of carbonyl (C=O) groups excluding carboxylic acids is 1. The number of hydrogen-bond donors (Lipinski definition) is 3. The van der Waals surface area contributed by atoms with Gasteiger partial charge in [-0.15, -0.1) is 0 Å². The molecule has 1 amide bonds. The molecule has 0 saturated heterocycles. The molecule has 0 fully saturated rings. The molecule has 19 heavy (non-hydrogen) atoms. The number of rotatable bonds is 3. The van der Waals surface area contributed by atoms with Gasteiger partial charge in [0.15, 0.2) is 0 Å². The number of aryl methyl sites for hydroxylation is 1. The Morgan fingerprint density at radius 3 is 3.05 bits per heavy atom. The Hall–Kier alpha value is -2.50. The summed E-state index contributed by atoms with van der Waals surface area (Å²) in [5, 5.41) is 9.88. The average Bonchev–Trinajstić information content (AvgIpc) is 2.91. The fourth-order valence-electron chi connectivity index (χ4n) is 2.13. The van der Waals surface area contributed by atoms with Gasteiger partial charge in [-0.1, -0.05) is 5.16 Å². The number of fused-ring (bicyclic) bond motifs is 1. The molecule has 2 aromatic rings. The summed E-state index contributed by atoms with van der Waals surface area (Å²) in [6.45, 7) is 2.37. The summed E-state index contributed by atoms with van der Waals surface area (Å²) < 4.78 is 4.99. The molecule has 0 spiro atoms. The predicted molar refractivity (Wildman–Crippen MR) is 71.8 cm³/mol. The topological polar surface area (TPSA) is 93.2 Å². The van der Waals surface area contributed by atoms with Crippen LogP contribution in [0.5, 0.6) is 0 Å². The number of anilines is 3. The number of nitrogens with zero attached hydrogens (tertiary/aromatic N) is 1. The van der Waals surface area contributed by atoms with Crippen molar-refractivity contribution in [2.45, 2.75) is 19.9 Å². The third-order valence-corrected chi connectivity index (χ3v) is 3.04. The van der Waals surface area contributed by atoms with E-state index in [0.717, 1.165) is 28.4 Å². The Bertz CT molecular complexity index is 648. The summed E-state index contributed by atoms with van der Waals surface area (Å²) in [6, 6.07) is 5.53. The van der Waals surface area contributed by atoms with Crippen molar-refractivity contribution in [2.24, 2.45) is 0 Å². The minimum absolute atomic E-state index is 0.00123. The fraction of sp³-hybridized carbons (Fsp3) is 0.231. The molecule has 0 radical (unpaired) electrons. The molecule has 1 aliphatic heterocycles. The number of carbonyl (C=O) groups is 1. The van der Waals surface area contributed by atoms with Crippen LogP contribution in [0.2, 0.25) is 0 Å². The van der Waals surface area contributed by atoms with Crippen LogP contribution in [0.4, 0.5) is 17.1 Å². The first-order valence-electron chi connectivity index (χ1n) is 6.00. The maximum absolute atomic E-state index is 11.3. The smallest absolute Gasteiger partial charge is 0.228 e. The van der Waals surface area contributed by atoms with E-state index in [4.69, 9.17) is 10.3 Å². The molecular weight excluding hydrogens is 244 g/mol. The molecule has 0 atom stereocenters. The van der Waals surface area contributed by atoms with Crippen LogP contribution in [0, 0.1) is 6.92 Å². The van der Waals surface area contributed by atoms with E-state index in [1.165, 1.54) is 0 Å². The number of nitrogens with one attached hydrogen (secondary N) is 2. The third-order valence-electron chi connectivity index (χ3n) is 3.04. The normalized spacial score (nSPS) is 13.2. The minimum atomic E-state index is -0.00123. The summed E-state index contributed by atoms with van der Waals surface area (Å²) in [6.07, 6.45) is 0.391. The van der Waals surface area contributed by atoms with Crippen molar-refractivity contribution in [3.63, 3.8) is 0 Å². The van der Waals surface area contributed by atoms with E-state index in [0.29, 0.717) is 18.7 Å². The molecule has 98 valence electrons. The highest BCUT2D eigenvalue weighted by atomic mass is 16.5. The Morgan fingerprint density at radius 2 is 2.32 bits per heavy atom. The molecule has 6 heteroatoms. The van der Waals surface area contributed by atoms with Crippen LogP contribution < -0.4 is 16.4 Å². The van der Waals surface area contributed by atoms with E-state index in [1.807, 2.05) is 25.1 Å². The van der Waals surface area contributed by atoms with Crippen LogP contribution in [0.1, 0.15) is 17.0 Å². The second-order valence-corrected chi connectivity index (χ2v) is 4.60. The Morgan fingerprint density at radius 1 is 1.47 bits per heavy atom. The molecule has 6 nitrogen and oxygen atoms in total. The van der Waals surface area contributed by atoms with Crippen molar-refractivity contribution in [1.29, 1.82) is 0 Å². The van der Waals surface area contributed by atoms with Crippen LogP contribution in [0.15, 0.2) is 22.7 Å². The van der Waals surface area contributed by atoms with E-state index in [2.05, 4.69) is 15.8 Å². The highest BCUT2D eigenvalue weighted by molar-refractivity contribution is 6.00. The van der Waals surface area contributed by atoms with E-state index in [1.54, 1.807) is 0 Å². The average molecular weight is 258 g/mol. The predicted octanol–water partition coefficient (Wildman–Crippen LogP) is 1.67. The standard InChI is InChI=1S/C13H14N4O2/c1-7-2-9(17-19-7)6-15-12-5-11-8(3-10(12)14)4-13(18)16-11/h2-3,5,15H,4,6,14H2,1H3,(H,16,18).